The van der Waals surface area contributed by atoms with Crippen molar-refractivity contribution in [3.05, 3.63) is 27.7 Å². The van der Waals surface area contributed by atoms with Crippen molar-refractivity contribution < 1.29 is 19.4 Å². The highest BCUT2D eigenvalue weighted by Gasteiger charge is 2.57. The number of fused-ring (bicyclic) bond motifs is 3. The molecule has 1 aromatic rings. The Morgan fingerprint density at radius 1 is 1.43 bits per heavy atom. The topological polar surface area (TPSA) is 55.8 Å². The summed E-state index contributed by atoms with van der Waals surface area (Å²) in [7, 11) is 0. The molecule has 21 heavy (non-hydrogen) atoms. The predicted octanol–water partition coefficient (Wildman–Crippen LogP) is 2.95. The van der Waals surface area contributed by atoms with E-state index in [9.17, 15) is 9.90 Å². The molecule has 5 heteroatoms. The van der Waals surface area contributed by atoms with Gasteiger partial charge < -0.3 is 14.6 Å². The van der Waals surface area contributed by atoms with Gasteiger partial charge in [-0.1, -0.05) is 15.9 Å². The van der Waals surface area contributed by atoms with E-state index in [1.54, 1.807) is 0 Å². The average molecular weight is 353 g/mol. The summed E-state index contributed by atoms with van der Waals surface area (Å²) < 4.78 is 12.6. The molecule has 3 unspecified atom stereocenters. The number of ether oxygens (including phenoxy) is 2. The number of carboxylic acid groups (broad SMARTS) is 1. The summed E-state index contributed by atoms with van der Waals surface area (Å²) >= 11 is 3.53. The molecule has 2 bridgehead atoms. The molecule has 0 aliphatic carbocycles. The fourth-order valence-corrected chi connectivity index (χ4v) is 4.66. The van der Waals surface area contributed by atoms with Crippen LogP contribution in [-0.2, 0) is 22.4 Å². The zero-order valence-electron chi connectivity index (χ0n) is 11.6. The number of benzene rings is 1. The zero-order valence-corrected chi connectivity index (χ0v) is 13.2. The molecule has 3 aliphatic heterocycles. The predicted molar refractivity (Wildman–Crippen MR) is 79.6 cm³/mol. The van der Waals surface area contributed by atoms with Crippen LogP contribution in [0.2, 0.25) is 0 Å². The van der Waals surface area contributed by atoms with Crippen LogP contribution in [0, 0.1) is 5.41 Å². The summed E-state index contributed by atoms with van der Waals surface area (Å²) in [5.41, 5.74) is 1.38. The second-order valence-electron chi connectivity index (χ2n) is 6.32. The average Bonchev–Trinajstić information content (AvgIpc) is 3.12. The van der Waals surface area contributed by atoms with E-state index in [0.717, 1.165) is 35.0 Å². The van der Waals surface area contributed by atoms with E-state index in [2.05, 4.69) is 22.0 Å². The molecule has 2 fully saturated rings. The van der Waals surface area contributed by atoms with Crippen LogP contribution in [0.4, 0.5) is 0 Å². The van der Waals surface area contributed by atoms with E-state index in [1.165, 1.54) is 5.56 Å². The van der Waals surface area contributed by atoms with E-state index >= 15 is 0 Å². The number of carboxylic acids is 1. The first-order valence-electron chi connectivity index (χ1n) is 7.41. The van der Waals surface area contributed by atoms with Gasteiger partial charge in [-0.2, -0.15) is 0 Å². The lowest BCUT2D eigenvalue weighted by molar-refractivity contribution is -0.152. The van der Waals surface area contributed by atoms with Crippen LogP contribution in [-0.4, -0.2) is 29.9 Å². The molecule has 0 radical (unpaired) electrons. The maximum atomic E-state index is 12.0. The van der Waals surface area contributed by atoms with Gasteiger partial charge in [0, 0.05) is 10.9 Å². The van der Waals surface area contributed by atoms with Crippen LogP contribution in [0.3, 0.4) is 0 Å². The smallest absolute Gasteiger partial charge is 0.312 e. The third-order valence-electron chi connectivity index (χ3n) is 5.07. The van der Waals surface area contributed by atoms with Crippen molar-refractivity contribution in [3.8, 4) is 5.75 Å². The molecule has 0 amide bonds. The van der Waals surface area contributed by atoms with Crippen molar-refractivity contribution in [2.24, 2.45) is 5.41 Å². The Morgan fingerprint density at radius 3 is 2.95 bits per heavy atom. The standard InChI is InChI=1S/C16H17BrO4/c17-11-5-9-3-4-20-14(9)10(6-11)7-16(15(18)19)8-12-1-2-13(16)21-12/h5-6,12-13H,1-4,7-8H2,(H,18,19). The van der Waals surface area contributed by atoms with Gasteiger partial charge in [-0.05, 0) is 48.9 Å². The number of hydrogen-bond acceptors (Lipinski definition) is 3. The van der Waals surface area contributed by atoms with Crippen molar-refractivity contribution in [1.29, 1.82) is 0 Å². The second kappa shape index (κ2) is 4.71. The Bertz CT molecular complexity index is 615. The van der Waals surface area contributed by atoms with E-state index < -0.39 is 11.4 Å². The first-order valence-corrected chi connectivity index (χ1v) is 8.21. The molecule has 0 aromatic heterocycles. The highest BCUT2D eigenvalue weighted by Crippen LogP contribution is 2.51. The lowest BCUT2D eigenvalue weighted by atomic mass is 9.70. The van der Waals surface area contributed by atoms with Crippen molar-refractivity contribution in [2.45, 2.75) is 44.3 Å². The van der Waals surface area contributed by atoms with Gasteiger partial charge >= 0.3 is 5.97 Å². The zero-order chi connectivity index (χ0) is 14.6. The minimum atomic E-state index is -0.788. The molecule has 3 aliphatic rings. The van der Waals surface area contributed by atoms with Gasteiger partial charge in [-0.25, -0.2) is 0 Å². The molecule has 0 saturated carbocycles. The summed E-state index contributed by atoms with van der Waals surface area (Å²) in [6.45, 7) is 0.682. The Kier molecular flexibility index (Phi) is 3.05. The lowest BCUT2D eigenvalue weighted by Crippen LogP contribution is -2.42. The maximum Gasteiger partial charge on any atom is 0.312 e. The molecule has 4 nitrogen and oxygen atoms in total. The first kappa shape index (κ1) is 13.6. The van der Waals surface area contributed by atoms with Crippen LogP contribution >= 0.6 is 15.9 Å². The van der Waals surface area contributed by atoms with E-state index in [-0.39, 0.29) is 12.2 Å². The largest absolute Gasteiger partial charge is 0.493 e. The minimum Gasteiger partial charge on any atom is -0.493 e. The molecule has 2 saturated heterocycles. The third-order valence-corrected chi connectivity index (χ3v) is 5.53. The quantitative estimate of drug-likeness (QED) is 0.908. The fourth-order valence-electron chi connectivity index (χ4n) is 4.10. The highest BCUT2D eigenvalue weighted by molar-refractivity contribution is 9.10. The lowest BCUT2D eigenvalue weighted by Gasteiger charge is -2.31. The Labute approximate surface area is 131 Å². The Hall–Kier alpha value is -1.07. The molecular formula is C16H17BrO4. The van der Waals surface area contributed by atoms with E-state index in [0.29, 0.717) is 19.4 Å². The number of aliphatic carboxylic acids is 1. The molecule has 112 valence electrons. The Balaban J connectivity index is 1.73. The van der Waals surface area contributed by atoms with Gasteiger partial charge in [0.25, 0.3) is 0 Å². The van der Waals surface area contributed by atoms with E-state index in [1.807, 2.05) is 6.07 Å². The van der Waals surface area contributed by atoms with Crippen molar-refractivity contribution in [2.75, 3.05) is 6.61 Å². The number of carbonyl (C=O) groups is 1. The van der Waals surface area contributed by atoms with Crippen LogP contribution in [0.5, 0.6) is 5.75 Å². The minimum absolute atomic E-state index is 0.118. The summed E-state index contributed by atoms with van der Waals surface area (Å²) in [6.07, 6.45) is 3.81. The molecule has 3 heterocycles. The summed E-state index contributed by atoms with van der Waals surface area (Å²) in [4.78, 5) is 12.0. The molecule has 1 N–H and O–H groups in total. The number of rotatable bonds is 3. The van der Waals surface area contributed by atoms with Gasteiger partial charge in [-0.15, -0.1) is 0 Å². The highest BCUT2D eigenvalue weighted by atomic mass is 79.9. The third kappa shape index (κ3) is 2.01. The van der Waals surface area contributed by atoms with Crippen LogP contribution in [0.15, 0.2) is 16.6 Å². The van der Waals surface area contributed by atoms with Gasteiger partial charge in [-0.3, -0.25) is 4.79 Å². The van der Waals surface area contributed by atoms with Crippen LogP contribution < -0.4 is 4.74 Å². The van der Waals surface area contributed by atoms with E-state index in [4.69, 9.17) is 9.47 Å². The fraction of sp³-hybridized carbons (Fsp3) is 0.562. The van der Waals surface area contributed by atoms with Gasteiger partial charge in [0.1, 0.15) is 11.2 Å². The first-order chi connectivity index (χ1) is 10.1. The van der Waals surface area contributed by atoms with Gasteiger partial charge in [0.15, 0.2) is 0 Å². The normalized spacial score (nSPS) is 33.0. The summed E-state index contributed by atoms with van der Waals surface area (Å²) in [6, 6.07) is 4.07. The molecule has 4 rings (SSSR count). The molecule has 3 atom stereocenters. The number of halogens is 1. The molecule has 0 spiro atoms. The van der Waals surface area contributed by atoms with Gasteiger partial charge in [0.05, 0.1) is 18.8 Å². The van der Waals surface area contributed by atoms with Crippen molar-refractivity contribution in [3.63, 3.8) is 0 Å². The maximum absolute atomic E-state index is 12.0. The van der Waals surface area contributed by atoms with Gasteiger partial charge in [0.2, 0.25) is 0 Å². The monoisotopic (exact) mass is 352 g/mol. The number of hydrogen-bond donors (Lipinski definition) is 1. The van der Waals surface area contributed by atoms with Crippen molar-refractivity contribution in [1.82, 2.24) is 0 Å². The Morgan fingerprint density at radius 2 is 2.29 bits per heavy atom. The molecular weight excluding hydrogens is 336 g/mol. The summed E-state index contributed by atoms with van der Waals surface area (Å²) in [5, 5.41) is 9.83. The SMILES string of the molecule is O=C(O)C1(Cc2cc(Br)cc3c2OCC3)CC2CCC1O2. The second-order valence-corrected chi connectivity index (χ2v) is 7.23. The van der Waals surface area contributed by atoms with Crippen molar-refractivity contribution >= 4 is 21.9 Å². The summed E-state index contributed by atoms with van der Waals surface area (Å²) in [5.74, 6) is 0.156. The van der Waals surface area contributed by atoms with Crippen LogP contribution in [0.25, 0.3) is 0 Å². The molecule has 1 aromatic carbocycles. The van der Waals surface area contributed by atoms with Crippen LogP contribution in [0.1, 0.15) is 30.4 Å².